The van der Waals surface area contributed by atoms with E-state index in [9.17, 15) is 9.59 Å². The first-order valence-electron chi connectivity index (χ1n) is 9.09. The van der Waals surface area contributed by atoms with E-state index < -0.39 is 0 Å². The number of methoxy groups -OCH3 is 2. The average Bonchev–Trinajstić information content (AvgIpc) is 3.36. The van der Waals surface area contributed by atoms with Gasteiger partial charge in [0, 0.05) is 17.4 Å². The largest absolute Gasteiger partial charge is 0.497 e. The van der Waals surface area contributed by atoms with Crippen LogP contribution in [0.2, 0.25) is 0 Å². The summed E-state index contributed by atoms with van der Waals surface area (Å²) in [5.41, 5.74) is 1.22. The van der Waals surface area contributed by atoms with Crippen molar-refractivity contribution in [2.45, 2.75) is 20.3 Å². The summed E-state index contributed by atoms with van der Waals surface area (Å²) in [5, 5.41) is 14.3. The number of thiazole rings is 1. The molecule has 2 heterocycles. The molecule has 3 rings (SSSR count). The first kappa shape index (κ1) is 21.2. The van der Waals surface area contributed by atoms with E-state index in [1.807, 2.05) is 0 Å². The molecule has 0 aliphatic rings. The minimum atomic E-state index is -0.325. The van der Waals surface area contributed by atoms with Gasteiger partial charge >= 0.3 is 0 Å². The van der Waals surface area contributed by atoms with E-state index in [4.69, 9.17) is 9.47 Å². The fraction of sp³-hybridized carbons (Fsp3) is 0.316. The van der Waals surface area contributed by atoms with E-state index in [-0.39, 0.29) is 30.1 Å². The van der Waals surface area contributed by atoms with Crippen LogP contribution >= 0.6 is 11.3 Å². The van der Waals surface area contributed by atoms with E-state index in [2.05, 4.69) is 30.8 Å². The Morgan fingerprint density at radius 2 is 1.97 bits per heavy atom. The standard InChI is InChI=1S/C19H22N6O4S/c1-10(2)17(27)23-19-20-11(9-30-19)7-15(26)21-18-22-16(24-25-18)13-6-5-12(28-3)8-14(13)29-4/h5-6,8-10H,7H2,1-4H3,(H,20,23,27)(H2,21,22,24,25,26). The molecule has 3 aromatic rings. The number of benzene rings is 1. The number of nitrogens with one attached hydrogen (secondary N) is 3. The van der Waals surface area contributed by atoms with Crippen LogP contribution in [-0.2, 0) is 16.0 Å². The van der Waals surface area contributed by atoms with Crippen LogP contribution in [0.25, 0.3) is 11.4 Å². The highest BCUT2D eigenvalue weighted by Gasteiger charge is 2.15. The van der Waals surface area contributed by atoms with Crippen LogP contribution in [0.1, 0.15) is 19.5 Å². The van der Waals surface area contributed by atoms with Crippen molar-refractivity contribution in [1.29, 1.82) is 0 Å². The van der Waals surface area contributed by atoms with E-state index in [1.165, 1.54) is 11.3 Å². The van der Waals surface area contributed by atoms with Gasteiger partial charge in [-0.3, -0.25) is 20.0 Å². The van der Waals surface area contributed by atoms with Gasteiger partial charge in [-0.15, -0.1) is 16.4 Å². The highest BCUT2D eigenvalue weighted by molar-refractivity contribution is 7.13. The normalized spacial score (nSPS) is 10.7. The highest BCUT2D eigenvalue weighted by atomic mass is 32.1. The predicted octanol–water partition coefficient (Wildman–Crippen LogP) is 2.72. The molecule has 0 atom stereocenters. The molecule has 0 unspecified atom stereocenters. The maximum absolute atomic E-state index is 12.3. The van der Waals surface area contributed by atoms with Gasteiger partial charge in [-0.2, -0.15) is 4.98 Å². The van der Waals surface area contributed by atoms with Gasteiger partial charge in [0.15, 0.2) is 11.0 Å². The van der Waals surface area contributed by atoms with Crippen LogP contribution in [-0.4, -0.2) is 46.2 Å². The quantitative estimate of drug-likeness (QED) is 0.501. The number of nitrogens with zero attached hydrogens (tertiary/aromatic N) is 3. The monoisotopic (exact) mass is 430 g/mol. The van der Waals surface area contributed by atoms with Crippen molar-refractivity contribution in [2.75, 3.05) is 24.9 Å². The third-order valence-corrected chi connectivity index (χ3v) is 4.85. The SMILES string of the molecule is COc1ccc(-c2nc(NC(=O)Cc3csc(NC(=O)C(C)C)n3)n[nH]2)c(OC)c1. The smallest absolute Gasteiger partial charge is 0.249 e. The summed E-state index contributed by atoms with van der Waals surface area (Å²) in [7, 11) is 3.11. The molecule has 0 aliphatic carbocycles. The van der Waals surface area contributed by atoms with E-state index >= 15 is 0 Å². The molecule has 0 saturated carbocycles. The number of ether oxygens (including phenoxy) is 2. The van der Waals surface area contributed by atoms with E-state index in [0.29, 0.717) is 33.7 Å². The zero-order chi connectivity index (χ0) is 21.7. The summed E-state index contributed by atoms with van der Waals surface area (Å²) < 4.78 is 10.5. The summed E-state index contributed by atoms with van der Waals surface area (Å²) >= 11 is 1.27. The van der Waals surface area contributed by atoms with Gasteiger partial charge in [0.1, 0.15) is 11.5 Å². The molecular formula is C19H22N6O4S. The zero-order valence-electron chi connectivity index (χ0n) is 17.0. The van der Waals surface area contributed by atoms with Crippen LogP contribution < -0.4 is 20.1 Å². The number of carbonyl (C=O) groups excluding carboxylic acids is 2. The van der Waals surface area contributed by atoms with Crippen molar-refractivity contribution < 1.29 is 19.1 Å². The van der Waals surface area contributed by atoms with E-state index in [0.717, 1.165) is 0 Å². The van der Waals surface area contributed by atoms with Crippen LogP contribution in [0.5, 0.6) is 11.5 Å². The van der Waals surface area contributed by atoms with Crippen molar-refractivity contribution in [2.24, 2.45) is 5.92 Å². The number of hydrogen-bond donors (Lipinski definition) is 3. The summed E-state index contributed by atoms with van der Waals surface area (Å²) in [6.45, 7) is 3.59. The van der Waals surface area contributed by atoms with Gasteiger partial charge < -0.3 is 14.8 Å². The second-order valence-corrected chi connectivity index (χ2v) is 7.44. The molecule has 10 nitrogen and oxygen atoms in total. The van der Waals surface area contributed by atoms with Gasteiger partial charge in [0.25, 0.3) is 0 Å². The maximum Gasteiger partial charge on any atom is 0.249 e. The number of aromatic nitrogens is 4. The first-order valence-corrected chi connectivity index (χ1v) is 9.97. The number of carbonyl (C=O) groups is 2. The highest BCUT2D eigenvalue weighted by Crippen LogP contribution is 2.31. The topological polar surface area (TPSA) is 131 Å². The van der Waals surface area contributed by atoms with Crippen LogP contribution in [0.3, 0.4) is 0 Å². The Kier molecular flexibility index (Phi) is 6.62. The number of rotatable bonds is 8. The number of anilines is 2. The van der Waals surface area contributed by atoms with Crippen molar-refractivity contribution >= 4 is 34.2 Å². The van der Waals surface area contributed by atoms with Gasteiger partial charge in [-0.05, 0) is 12.1 Å². The van der Waals surface area contributed by atoms with Gasteiger partial charge in [-0.1, -0.05) is 13.8 Å². The molecule has 2 aromatic heterocycles. The molecule has 0 aliphatic heterocycles. The number of amides is 2. The molecule has 3 N–H and O–H groups in total. The molecule has 0 saturated heterocycles. The summed E-state index contributed by atoms with van der Waals surface area (Å²) in [6.07, 6.45) is 0.0315. The minimum Gasteiger partial charge on any atom is -0.497 e. The molecule has 0 bridgehead atoms. The Balaban J connectivity index is 1.63. The third-order valence-electron chi connectivity index (χ3n) is 4.05. The average molecular weight is 430 g/mol. The minimum absolute atomic E-state index is 0.0315. The second-order valence-electron chi connectivity index (χ2n) is 6.59. The van der Waals surface area contributed by atoms with Gasteiger partial charge in [-0.25, -0.2) is 4.98 Å². The fourth-order valence-corrected chi connectivity index (χ4v) is 3.17. The number of H-pyrrole nitrogens is 1. The Bertz CT molecular complexity index is 1050. The first-order chi connectivity index (χ1) is 14.4. The van der Waals surface area contributed by atoms with Crippen molar-refractivity contribution in [1.82, 2.24) is 20.2 Å². The van der Waals surface area contributed by atoms with Gasteiger partial charge in [0.05, 0.1) is 31.9 Å². The summed E-state index contributed by atoms with van der Waals surface area (Å²) in [5.74, 6) is 1.19. The Hall–Kier alpha value is -3.47. The summed E-state index contributed by atoms with van der Waals surface area (Å²) in [4.78, 5) is 32.6. The molecule has 158 valence electrons. The Morgan fingerprint density at radius 1 is 1.17 bits per heavy atom. The zero-order valence-corrected chi connectivity index (χ0v) is 17.8. The lowest BCUT2D eigenvalue weighted by Gasteiger charge is -2.07. The molecule has 2 amide bonds. The lowest BCUT2D eigenvalue weighted by molar-refractivity contribution is -0.119. The van der Waals surface area contributed by atoms with Gasteiger partial charge in [0.2, 0.25) is 17.8 Å². The van der Waals surface area contributed by atoms with Crippen molar-refractivity contribution in [3.8, 4) is 22.9 Å². The molecule has 11 heteroatoms. The summed E-state index contributed by atoms with van der Waals surface area (Å²) in [6, 6.07) is 5.29. The molecule has 0 radical (unpaired) electrons. The predicted molar refractivity (Wildman–Crippen MR) is 113 cm³/mol. The Morgan fingerprint density at radius 3 is 2.67 bits per heavy atom. The third kappa shape index (κ3) is 5.11. The Labute approximate surface area is 177 Å². The van der Waals surface area contributed by atoms with Crippen LogP contribution in [0, 0.1) is 5.92 Å². The molecule has 0 spiro atoms. The van der Waals surface area contributed by atoms with E-state index in [1.54, 1.807) is 51.6 Å². The lowest BCUT2D eigenvalue weighted by atomic mass is 10.2. The maximum atomic E-state index is 12.3. The fourth-order valence-electron chi connectivity index (χ4n) is 2.46. The molecular weight excluding hydrogens is 408 g/mol. The molecule has 1 aromatic carbocycles. The molecule has 0 fully saturated rings. The molecule has 30 heavy (non-hydrogen) atoms. The van der Waals surface area contributed by atoms with Crippen molar-refractivity contribution in [3.63, 3.8) is 0 Å². The second kappa shape index (κ2) is 9.35. The van der Waals surface area contributed by atoms with Crippen molar-refractivity contribution in [3.05, 3.63) is 29.3 Å². The number of hydrogen-bond acceptors (Lipinski definition) is 8. The number of aromatic amines is 1. The van der Waals surface area contributed by atoms with Crippen LogP contribution in [0.15, 0.2) is 23.6 Å². The lowest BCUT2D eigenvalue weighted by Crippen LogP contribution is -2.18. The van der Waals surface area contributed by atoms with Crippen LogP contribution in [0.4, 0.5) is 11.1 Å².